The fourth-order valence-electron chi connectivity index (χ4n) is 5.81. The second-order valence-corrected chi connectivity index (χ2v) is 10.3. The van der Waals surface area contributed by atoms with Gasteiger partial charge in [-0.1, -0.05) is 12.1 Å². The maximum atomic E-state index is 13.1. The summed E-state index contributed by atoms with van der Waals surface area (Å²) in [5.41, 5.74) is 2.63. The van der Waals surface area contributed by atoms with E-state index in [4.69, 9.17) is 0 Å². The van der Waals surface area contributed by atoms with Crippen LogP contribution >= 0.6 is 0 Å². The number of fused-ring (bicyclic) bond motifs is 3. The van der Waals surface area contributed by atoms with Crippen molar-refractivity contribution in [2.24, 2.45) is 0 Å². The Balaban J connectivity index is 1.24. The highest BCUT2D eigenvalue weighted by Gasteiger charge is 2.59. The third-order valence-corrected chi connectivity index (χ3v) is 7.95. The van der Waals surface area contributed by atoms with Crippen LogP contribution in [0.3, 0.4) is 0 Å². The van der Waals surface area contributed by atoms with Crippen LogP contribution in [-0.4, -0.2) is 43.2 Å². The number of H-pyrrole nitrogens is 2. The SMILES string of the molecule is O=C1N(CCC(F)(F)F)c2cc([C@H]3C[C@@H]3c3cc(-c4c[nH]c(=O)[nH]c4=O)nn4ccnc34)ccc2C12CC2. The Hall–Kier alpha value is -4.22. The second-order valence-electron chi connectivity index (χ2n) is 10.3. The molecule has 3 aromatic heterocycles. The number of hydrogen-bond acceptors (Lipinski definition) is 5. The minimum absolute atomic E-state index is 0.0390. The highest BCUT2D eigenvalue weighted by Crippen LogP contribution is 2.60. The lowest BCUT2D eigenvalue weighted by molar-refractivity contribution is -0.133. The van der Waals surface area contributed by atoms with E-state index in [0.29, 0.717) is 29.9 Å². The van der Waals surface area contributed by atoms with E-state index >= 15 is 0 Å². The molecule has 4 heterocycles. The van der Waals surface area contributed by atoms with Gasteiger partial charge in [0.1, 0.15) is 0 Å². The number of rotatable bonds is 5. The molecule has 1 aliphatic heterocycles. The van der Waals surface area contributed by atoms with Crippen LogP contribution in [0.15, 0.2) is 52.4 Å². The zero-order chi connectivity index (χ0) is 26.4. The number of alkyl halides is 3. The minimum Gasteiger partial charge on any atom is -0.313 e. The lowest BCUT2D eigenvalue weighted by atomic mass is 9.95. The molecule has 1 amide bonds. The van der Waals surface area contributed by atoms with Crippen LogP contribution in [0.4, 0.5) is 18.9 Å². The third kappa shape index (κ3) is 3.50. The normalized spacial score (nSPS) is 21.3. The first-order valence-corrected chi connectivity index (χ1v) is 12.3. The molecule has 12 heteroatoms. The molecule has 0 unspecified atom stereocenters. The Morgan fingerprint density at radius 2 is 1.92 bits per heavy atom. The van der Waals surface area contributed by atoms with E-state index in [-0.39, 0.29) is 29.9 Å². The predicted molar refractivity (Wildman–Crippen MR) is 130 cm³/mol. The molecule has 2 N–H and O–H groups in total. The summed E-state index contributed by atoms with van der Waals surface area (Å²) >= 11 is 0. The molecule has 9 nitrogen and oxygen atoms in total. The molecule has 2 atom stereocenters. The largest absolute Gasteiger partial charge is 0.390 e. The number of aromatic nitrogens is 5. The zero-order valence-corrected chi connectivity index (χ0v) is 19.9. The van der Waals surface area contributed by atoms with Crippen molar-refractivity contribution in [1.29, 1.82) is 0 Å². The number of hydrogen-bond donors (Lipinski definition) is 2. The van der Waals surface area contributed by atoms with Crippen LogP contribution in [-0.2, 0) is 10.2 Å². The summed E-state index contributed by atoms with van der Waals surface area (Å²) in [5.74, 6) is -0.123. The molecular weight excluding hydrogens is 501 g/mol. The van der Waals surface area contributed by atoms with Crippen molar-refractivity contribution in [2.75, 3.05) is 11.4 Å². The van der Waals surface area contributed by atoms with E-state index in [9.17, 15) is 27.6 Å². The van der Waals surface area contributed by atoms with E-state index < -0.39 is 29.3 Å². The highest BCUT2D eigenvalue weighted by atomic mass is 19.4. The molecule has 4 aromatic rings. The fourth-order valence-corrected chi connectivity index (χ4v) is 5.81. The van der Waals surface area contributed by atoms with Crippen molar-refractivity contribution in [3.63, 3.8) is 0 Å². The van der Waals surface area contributed by atoms with E-state index in [1.54, 1.807) is 23.0 Å². The standard InChI is InChI=1S/C26H21F3N6O3/c27-26(28,29)5-7-34-20-9-13(1-2-18(20)25(3-4-25)23(34)37)14-10-15(14)16-11-19(33-35-8-6-30-21(16)35)17-12-31-24(38)32-22(17)36/h1-2,6,8-9,11-12,14-15H,3-5,7,10H2,(H2,31,32,36,38)/t14-,15+/m1/s1. The molecule has 2 fully saturated rings. The fraction of sp³-hybridized carbons (Fsp3) is 0.346. The number of carbonyl (C=O) groups excluding carboxylic acids is 1. The second kappa shape index (κ2) is 7.65. The van der Waals surface area contributed by atoms with E-state index in [0.717, 1.165) is 23.1 Å². The molecule has 7 rings (SSSR count). The van der Waals surface area contributed by atoms with Crippen molar-refractivity contribution >= 4 is 17.2 Å². The molecule has 194 valence electrons. The molecule has 1 aromatic carbocycles. The lowest BCUT2D eigenvalue weighted by Gasteiger charge is -2.19. The summed E-state index contributed by atoms with van der Waals surface area (Å²) in [6.07, 6.45) is 1.30. The molecule has 0 radical (unpaired) electrons. The van der Waals surface area contributed by atoms with E-state index in [1.165, 1.54) is 11.1 Å². The van der Waals surface area contributed by atoms with Gasteiger partial charge in [-0.2, -0.15) is 18.3 Å². The number of nitrogens with zero attached hydrogens (tertiary/aromatic N) is 4. The molecule has 3 aliphatic rings. The van der Waals surface area contributed by atoms with Gasteiger partial charge in [0.25, 0.3) is 5.56 Å². The summed E-state index contributed by atoms with van der Waals surface area (Å²) in [5, 5.41) is 4.47. The molecule has 2 aliphatic carbocycles. The highest BCUT2D eigenvalue weighted by molar-refractivity contribution is 6.10. The van der Waals surface area contributed by atoms with Gasteiger partial charge in [-0.25, -0.2) is 14.3 Å². The van der Waals surface area contributed by atoms with Crippen LogP contribution in [0.5, 0.6) is 0 Å². The number of carbonyl (C=O) groups is 1. The Morgan fingerprint density at radius 1 is 1.11 bits per heavy atom. The average Bonchev–Trinajstić information content (AvgIpc) is 3.77. The molecular formula is C26H21F3N6O3. The van der Waals surface area contributed by atoms with Gasteiger partial charge in [-0.15, -0.1) is 0 Å². The van der Waals surface area contributed by atoms with Gasteiger partial charge < -0.3 is 9.88 Å². The van der Waals surface area contributed by atoms with Gasteiger partial charge in [-0.3, -0.25) is 14.6 Å². The molecule has 0 bridgehead atoms. The summed E-state index contributed by atoms with van der Waals surface area (Å²) in [4.78, 5) is 47.3. The Kier molecular flexibility index (Phi) is 4.62. The van der Waals surface area contributed by atoms with Crippen molar-refractivity contribution in [3.8, 4) is 11.3 Å². The summed E-state index contributed by atoms with van der Waals surface area (Å²) in [6, 6.07) is 7.55. The van der Waals surface area contributed by atoms with Crippen molar-refractivity contribution in [1.82, 2.24) is 24.6 Å². The Labute approximate surface area is 212 Å². The Bertz CT molecular complexity index is 1750. The van der Waals surface area contributed by atoms with Gasteiger partial charge in [0.05, 0.1) is 23.1 Å². The van der Waals surface area contributed by atoms with Crippen LogP contribution in [0.2, 0.25) is 0 Å². The molecule has 0 saturated heterocycles. The molecule has 38 heavy (non-hydrogen) atoms. The number of amides is 1. The summed E-state index contributed by atoms with van der Waals surface area (Å²) < 4.78 is 40.5. The number of halogens is 3. The van der Waals surface area contributed by atoms with Crippen molar-refractivity contribution in [2.45, 2.75) is 49.1 Å². The predicted octanol–water partition coefficient (Wildman–Crippen LogP) is 3.37. The maximum absolute atomic E-state index is 13.1. The maximum Gasteiger partial charge on any atom is 0.390 e. The first-order chi connectivity index (χ1) is 18.1. The number of benzene rings is 1. The van der Waals surface area contributed by atoms with Gasteiger partial charge in [-0.05, 0) is 54.4 Å². The number of anilines is 1. The molecule has 1 spiro atoms. The Morgan fingerprint density at radius 3 is 2.66 bits per heavy atom. The van der Waals surface area contributed by atoms with Crippen LogP contribution < -0.4 is 16.1 Å². The number of aromatic amines is 2. The van der Waals surface area contributed by atoms with Crippen molar-refractivity contribution < 1.29 is 18.0 Å². The third-order valence-electron chi connectivity index (χ3n) is 7.95. The van der Waals surface area contributed by atoms with Gasteiger partial charge in [0, 0.05) is 36.4 Å². The summed E-state index contributed by atoms with van der Waals surface area (Å²) in [7, 11) is 0. The zero-order valence-electron chi connectivity index (χ0n) is 19.9. The van der Waals surface area contributed by atoms with Gasteiger partial charge in [0.15, 0.2) is 5.65 Å². The van der Waals surface area contributed by atoms with E-state index in [1.807, 2.05) is 18.2 Å². The number of nitrogens with one attached hydrogen (secondary N) is 2. The van der Waals surface area contributed by atoms with Gasteiger partial charge in [0.2, 0.25) is 5.91 Å². The summed E-state index contributed by atoms with van der Waals surface area (Å²) in [6.45, 7) is -0.384. The van der Waals surface area contributed by atoms with Crippen molar-refractivity contribution in [3.05, 3.63) is 80.4 Å². The van der Waals surface area contributed by atoms with Crippen LogP contribution in [0.1, 0.15) is 54.2 Å². The first-order valence-electron chi connectivity index (χ1n) is 12.3. The quantitative estimate of drug-likeness (QED) is 0.417. The average molecular weight is 522 g/mol. The first kappa shape index (κ1) is 22.9. The monoisotopic (exact) mass is 522 g/mol. The number of imidazole rings is 1. The van der Waals surface area contributed by atoms with Crippen LogP contribution in [0.25, 0.3) is 16.9 Å². The topological polar surface area (TPSA) is 116 Å². The van der Waals surface area contributed by atoms with Gasteiger partial charge >= 0.3 is 11.9 Å². The van der Waals surface area contributed by atoms with E-state index in [2.05, 4.69) is 20.1 Å². The smallest absolute Gasteiger partial charge is 0.313 e. The molecule has 2 saturated carbocycles. The van der Waals surface area contributed by atoms with Crippen LogP contribution in [0, 0.1) is 0 Å². The minimum atomic E-state index is -4.35. The lowest BCUT2D eigenvalue weighted by Crippen LogP contribution is -2.34.